The van der Waals surface area contributed by atoms with Gasteiger partial charge in [-0.3, -0.25) is 4.90 Å². The highest BCUT2D eigenvalue weighted by Crippen LogP contribution is 2.40. The lowest BCUT2D eigenvalue weighted by Crippen LogP contribution is -2.52. The zero-order valence-electron chi connectivity index (χ0n) is 12.3. The van der Waals surface area contributed by atoms with E-state index in [0.29, 0.717) is 0 Å². The lowest BCUT2D eigenvalue weighted by Gasteiger charge is -2.39. The lowest BCUT2D eigenvalue weighted by atomic mass is 9.91. The van der Waals surface area contributed by atoms with Gasteiger partial charge in [0.25, 0.3) is 0 Å². The van der Waals surface area contributed by atoms with Crippen LogP contribution in [0, 0.1) is 11.8 Å². The van der Waals surface area contributed by atoms with Crippen LogP contribution in [0.25, 0.3) is 0 Å². The van der Waals surface area contributed by atoms with Crippen molar-refractivity contribution in [3.05, 3.63) is 34.9 Å². The van der Waals surface area contributed by atoms with Crippen LogP contribution in [-0.2, 0) is 6.42 Å². The van der Waals surface area contributed by atoms with Crippen LogP contribution in [0.2, 0.25) is 5.02 Å². The standard InChI is InChI=1S/C17H25ClN2/c1-17(12-19,9-13-5-7-16(18)8-6-13)20-10-14-3-2-4-15(14)11-20/h5-8,14-15H,2-4,9-12,19H2,1H3. The minimum absolute atomic E-state index is 0.0815. The molecule has 3 unspecified atom stereocenters. The summed E-state index contributed by atoms with van der Waals surface area (Å²) in [5, 5.41) is 0.805. The van der Waals surface area contributed by atoms with E-state index in [1.807, 2.05) is 12.1 Å². The van der Waals surface area contributed by atoms with Crippen molar-refractivity contribution < 1.29 is 0 Å². The van der Waals surface area contributed by atoms with Crippen LogP contribution in [0.15, 0.2) is 24.3 Å². The molecule has 1 aromatic carbocycles. The largest absolute Gasteiger partial charge is 0.329 e. The molecular weight excluding hydrogens is 268 g/mol. The van der Waals surface area contributed by atoms with Crippen LogP contribution in [0.5, 0.6) is 0 Å². The van der Waals surface area contributed by atoms with Gasteiger partial charge in [-0.25, -0.2) is 0 Å². The Bertz CT molecular complexity index is 447. The minimum atomic E-state index is 0.0815. The fourth-order valence-corrected chi connectivity index (χ4v) is 4.16. The van der Waals surface area contributed by atoms with E-state index in [0.717, 1.165) is 29.8 Å². The molecule has 2 fully saturated rings. The fraction of sp³-hybridized carbons (Fsp3) is 0.647. The SMILES string of the molecule is CC(CN)(Cc1ccc(Cl)cc1)N1CC2CCCC2C1. The Balaban J connectivity index is 1.72. The van der Waals surface area contributed by atoms with Gasteiger partial charge in [-0.2, -0.15) is 0 Å². The van der Waals surface area contributed by atoms with E-state index < -0.39 is 0 Å². The molecule has 0 spiro atoms. The first-order chi connectivity index (χ1) is 9.60. The van der Waals surface area contributed by atoms with Crippen molar-refractivity contribution in [2.45, 2.75) is 38.1 Å². The van der Waals surface area contributed by atoms with Gasteiger partial charge >= 0.3 is 0 Å². The molecule has 0 aromatic heterocycles. The van der Waals surface area contributed by atoms with Gasteiger partial charge in [0.2, 0.25) is 0 Å². The summed E-state index contributed by atoms with van der Waals surface area (Å²) in [6.45, 7) is 5.52. The highest BCUT2D eigenvalue weighted by molar-refractivity contribution is 6.30. The van der Waals surface area contributed by atoms with E-state index in [1.54, 1.807) is 0 Å². The second kappa shape index (κ2) is 5.67. The summed E-state index contributed by atoms with van der Waals surface area (Å²) in [7, 11) is 0. The van der Waals surface area contributed by atoms with Gasteiger partial charge in [0, 0.05) is 30.2 Å². The van der Waals surface area contributed by atoms with Crippen LogP contribution in [0.4, 0.5) is 0 Å². The molecular formula is C17H25ClN2. The molecule has 3 rings (SSSR count). The van der Waals surface area contributed by atoms with Gasteiger partial charge in [0.05, 0.1) is 0 Å². The fourth-order valence-electron chi connectivity index (χ4n) is 4.03. The minimum Gasteiger partial charge on any atom is -0.329 e. The number of halogens is 1. The van der Waals surface area contributed by atoms with Crippen LogP contribution < -0.4 is 5.73 Å². The summed E-state index contributed by atoms with van der Waals surface area (Å²) < 4.78 is 0. The Labute approximate surface area is 127 Å². The molecule has 3 atom stereocenters. The van der Waals surface area contributed by atoms with E-state index in [-0.39, 0.29) is 5.54 Å². The van der Waals surface area contributed by atoms with E-state index in [2.05, 4.69) is 24.0 Å². The molecule has 2 aliphatic rings. The van der Waals surface area contributed by atoms with E-state index >= 15 is 0 Å². The van der Waals surface area contributed by atoms with Crippen molar-refractivity contribution in [3.63, 3.8) is 0 Å². The molecule has 0 radical (unpaired) electrons. The molecule has 0 bridgehead atoms. The van der Waals surface area contributed by atoms with Crippen LogP contribution in [0.3, 0.4) is 0 Å². The van der Waals surface area contributed by atoms with Crippen molar-refractivity contribution in [1.82, 2.24) is 4.90 Å². The number of likely N-dealkylation sites (tertiary alicyclic amines) is 1. The van der Waals surface area contributed by atoms with Gasteiger partial charge in [0.15, 0.2) is 0 Å². The first kappa shape index (κ1) is 14.4. The van der Waals surface area contributed by atoms with Crippen molar-refractivity contribution in [2.24, 2.45) is 17.6 Å². The first-order valence-corrected chi connectivity index (χ1v) is 8.18. The number of nitrogens with zero attached hydrogens (tertiary/aromatic N) is 1. The van der Waals surface area contributed by atoms with E-state index in [1.165, 1.54) is 37.9 Å². The summed E-state index contributed by atoms with van der Waals surface area (Å²) in [4.78, 5) is 2.65. The lowest BCUT2D eigenvalue weighted by molar-refractivity contribution is 0.131. The number of hydrogen-bond donors (Lipinski definition) is 1. The summed E-state index contributed by atoms with van der Waals surface area (Å²) >= 11 is 5.97. The third kappa shape index (κ3) is 2.74. The summed E-state index contributed by atoms with van der Waals surface area (Å²) in [6, 6.07) is 8.22. The molecule has 2 N–H and O–H groups in total. The molecule has 20 heavy (non-hydrogen) atoms. The number of benzene rings is 1. The number of fused-ring (bicyclic) bond motifs is 1. The third-order valence-corrected chi connectivity index (χ3v) is 5.68. The zero-order valence-corrected chi connectivity index (χ0v) is 13.1. The van der Waals surface area contributed by atoms with Crippen molar-refractivity contribution in [1.29, 1.82) is 0 Å². The normalized spacial score (nSPS) is 29.4. The maximum atomic E-state index is 6.15. The van der Waals surface area contributed by atoms with Gasteiger partial charge < -0.3 is 5.73 Å². The quantitative estimate of drug-likeness (QED) is 0.922. The predicted octanol–water partition coefficient (Wildman–Crippen LogP) is 3.33. The van der Waals surface area contributed by atoms with Crippen LogP contribution in [-0.4, -0.2) is 30.1 Å². The maximum absolute atomic E-state index is 6.15. The number of nitrogens with two attached hydrogens (primary N) is 1. The van der Waals surface area contributed by atoms with E-state index in [9.17, 15) is 0 Å². The second-order valence-electron chi connectivity index (χ2n) is 6.86. The summed E-state index contributed by atoms with van der Waals surface area (Å²) in [5.74, 6) is 1.84. The molecule has 1 saturated heterocycles. The summed E-state index contributed by atoms with van der Waals surface area (Å²) in [5.41, 5.74) is 7.56. The molecule has 1 aliphatic carbocycles. The Morgan fingerprint density at radius 3 is 2.35 bits per heavy atom. The first-order valence-electron chi connectivity index (χ1n) is 7.80. The van der Waals surface area contributed by atoms with Crippen molar-refractivity contribution >= 4 is 11.6 Å². The monoisotopic (exact) mass is 292 g/mol. The van der Waals surface area contributed by atoms with Crippen molar-refractivity contribution in [2.75, 3.05) is 19.6 Å². The van der Waals surface area contributed by atoms with Crippen LogP contribution in [0.1, 0.15) is 31.7 Å². The van der Waals surface area contributed by atoms with Gasteiger partial charge in [-0.1, -0.05) is 30.2 Å². The Hall–Kier alpha value is -0.570. The maximum Gasteiger partial charge on any atom is 0.0406 e. The van der Waals surface area contributed by atoms with Crippen LogP contribution >= 0.6 is 11.6 Å². The Morgan fingerprint density at radius 2 is 1.80 bits per heavy atom. The molecule has 1 heterocycles. The molecule has 1 aromatic rings. The average molecular weight is 293 g/mol. The van der Waals surface area contributed by atoms with Gasteiger partial charge in [-0.15, -0.1) is 0 Å². The summed E-state index contributed by atoms with van der Waals surface area (Å²) in [6.07, 6.45) is 5.28. The molecule has 1 saturated carbocycles. The Morgan fingerprint density at radius 1 is 1.20 bits per heavy atom. The van der Waals surface area contributed by atoms with Gasteiger partial charge in [0.1, 0.15) is 0 Å². The van der Waals surface area contributed by atoms with Crippen molar-refractivity contribution in [3.8, 4) is 0 Å². The highest BCUT2D eigenvalue weighted by atomic mass is 35.5. The second-order valence-corrected chi connectivity index (χ2v) is 7.30. The molecule has 1 aliphatic heterocycles. The topological polar surface area (TPSA) is 29.3 Å². The van der Waals surface area contributed by atoms with Gasteiger partial charge in [-0.05, 0) is 55.7 Å². The van der Waals surface area contributed by atoms with E-state index in [4.69, 9.17) is 17.3 Å². The average Bonchev–Trinajstić information content (AvgIpc) is 3.02. The predicted molar refractivity (Wildman–Crippen MR) is 85.0 cm³/mol. The smallest absolute Gasteiger partial charge is 0.0406 e. The molecule has 2 nitrogen and oxygen atoms in total. The zero-order chi connectivity index (χ0) is 14.2. The highest BCUT2D eigenvalue weighted by Gasteiger charge is 2.42. The third-order valence-electron chi connectivity index (χ3n) is 5.43. The molecule has 0 amide bonds. The number of hydrogen-bond acceptors (Lipinski definition) is 2. The molecule has 3 heteroatoms. The number of rotatable bonds is 4. The molecule has 110 valence electrons. The Kier molecular flexibility index (Phi) is 4.07.